The number of anilines is 4. The van der Waals surface area contributed by atoms with Gasteiger partial charge in [-0.15, -0.1) is 0 Å². The molecule has 0 saturated heterocycles. The van der Waals surface area contributed by atoms with Gasteiger partial charge < -0.3 is 0 Å². The van der Waals surface area contributed by atoms with Crippen molar-refractivity contribution in [1.82, 2.24) is 0 Å². The molecule has 0 atom stereocenters. The molecule has 186 valence electrons. The molecule has 4 heterocycles. The molecule has 37 heavy (non-hydrogen) atoms. The van der Waals surface area contributed by atoms with Crippen molar-refractivity contribution >= 4 is 31.0 Å². The Morgan fingerprint density at radius 2 is 1.27 bits per heavy atom. The maximum absolute atomic E-state index is 6.42. The number of benzene rings is 4. The van der Waals surface area contributed by atoms with Crippen molar-refractivity contribution in [2.24, 2.45) is 0 Å². The van der Waals surface area contributed by atoms with Gasteiger partial charge in [0.1, 0.15) is 0 Å². The van der Waals surface area contributed by atoms with Gasteiger partial charge in [-0.2, -0.15) is 0 Å². The van der Waals surface area contributed by atoms with E-state index in [1.807, 2.05) is 0 Å². The van der Waals surface area contributed by atoms with Crippen LogP contribution >= 0.6 is 0 Å². The van der Waals surface area contributed by atoms with Gasteiger partial charge in [-0.1, -0.05) is 0 Å². The van der Waals surface area contributed by atoms with Crippen LogP contribution in [0, 0.1) is 0 Å². The predicted octanol–water partition coefficient (Wildman–Crippen LogP) is 6.11. The van der Waals surface area contributed by atoms with Crippen molar-refractivity contribution in [3.8, 4) is 11.5 Å². The molecule has 6 heteroatoms. The molecule has 0 fully saturated rings. The van der Waals surface area contributed by atoms with E-state index in [-0.39, 0.29) is 5.54 Å². The minimum atomic E-state index is -0.507. The number of hydrogen-bond donors (Lipinski definition) is 0. The second-order valence-electron chi connectivity index (χ2n) is 10.3. The first kappa shape index (κ1) is 21.4. The Labute approximate surface area is 224 Å². The third kappa shape index (κ3) is 3.07. The van der Waals surface area contributed by atoms with Crippen molar-refractivity contribution in [3.05, 3.63) is 108 Å². The maximum atomic E-state index is 6.42. The normalized spacial score (nSPS) is 18.5. The predicted molar refractivity (Wildman–Crippen MR) is 147 cm³/mol. The van der Waals surface area contributed by atoms with Gasteiger partial charge in [-0.25, -0.2) is 0 Å². The van der Waals surface area contributed by atoms with E-state index in [1.54, 1.807) is 0 Å². The average Bonchev–Trinajstić information content (AvgIpc) is 3.40. The van der Waals surface area contributed by atoms with Crippen molar-refractivity contribution in [3.63, 3.8) is 0 Å². The van der Waals surface area contributed by atoms with Crippen LogP contribution in [-0.4, -0.2) is 15.0 Å². The number of rotatable bonds is 0. The van der Waals surface area contributed by atoms with Crippen molar-refractivity contribution < 1.29 is 22.4 Å². The summed E-state index contributed by atoms with van der Waals surface area (Å²) in [5.41, 5.74) is 7.41. The van der Waals surface area contributed by atoms with E-state index in [2.05, 4.69) is 131 Å². The summed E-state index contributed by atoms with van der Waals surface area (Å²) in [5, 5.41) is 0. The Hall–Kier alpha value is -3.69. The summed E-state index contributed by atoms with van der Waals surface area (Å²) in [6.07, 6.45) is 0. The molecule has 0 N–H and O–H groups in total. The summed E-state index contributed by atoms with van der Waals surface area (Å²) < 4.78 is 9.30. The van der Waals surface area contributed by atoms with Crippen LogP contribution in [0.1, 0.15) is 25.0 Å². The SMILES string of the molecule is CC1(C)c2cccc(c2)Oc2cccc(c2)CN2[C]3=[Pt]=[C]4N(CN3c3ccccc32)c2ccccc2N41. The van der Waals surface area contributed by atoms with E-state index in [4.69, 9.17) is 4.74 Å². The van der Waals surface area contributed by atoms with Gasteiger partial charge in [0.05, 0.1) is 0 Å². The third-order valence-electron chi connectivity index (χ3n) is 7.66. The zero-order chi connectivity index (χ0) is 24.7. The average molecular weight is 666 g/mol. The second-order valence-corrected chi connectivity index (χ2v) is 12.9. The molecule has 0 spiro atoms. The van der Waals surface area contributed by atoms with Crippen LogP contribution in [-0.2, 0) is 29.7 Å². The fraction of sp³-hybridized carbons (Fsp3) is 0.161. The molecule has 0 aromatic heterocycles. The molecule has 0 aliphatic carbocycles. The Morgan fingerprint density at radius 3 is 2.05 bits per heavy atom. The van der Waals surface area contributed by atoms with Gasteiger partial charge in [0, 0.05) is 0 Å². The van der Waals surface area contributed by atoms with Gasteiger partial charge in [0.2, 0.25) is 0 Å². The molecule has 0 radical (unpaired) electrons. The van der Waals surface area contributed by atoms with Crippen molar-refractivity contribution in [2.75, 3.05) is 26.3 Å². The minimum absolute atomic E-state index is 0.259. The molecule has 4 aliphatic rings. The fourth-order valence-corrected chi connectivity index (χ4v) is 9.68. The summed E-state index contributed by atoms with van der Waals surface area (Å²) in [5.74, 6) is 1.75. The van der Waals surface area contributed by atoms with Crippen LogP contribution < -0.4 is 24.3 Å². The summed E-state index contributed by atoms with van der Waals surface area (Å²) in [7, 11) is 0. The molecular formula is C31H26N4OPt. The van der Waals surface area contributed by atoms with Crippen molar-refractivity contribution in [2.45, 2.75) is 25.9 Å². The number of ether oxygens (including phenoxy) is 1. The van der Waals surface area contributed by atoms with E-state index in [9.17, 15) is 0 Å². The topological polar surface area (TPSA) is 22.2 Å². The number of para-hydroxylation sites is 4. The van der Waals surface area contributed by atoms with E-state index in [1.165, 1.54) is 42.2 Å². The van der Waals surface area contributed by atoms with Gasteiger partial charge in [0.25, 0.3) is 0 Å². The Bertz CT molecular complexity index is 1670. The molecule has 0 unspecified atom stereocenters. The van der Waals surface area contributed by atoms with Crippen LogP contribution in [0.4, 0.5) is 22.7 Å². The molecule has 0 saturated carbocycles. The van der Waals surface area contributed by atoms with E-state index < -0.39 is 17.6 Å². The second kappa shape index (κ2) is 7.66. The Balaban J connectivity index is 1.44. The molecule has 8 rings (SSSR count). The van der Waals surface area contributed by atoms with Crippen LogP contribution in [0.25, 0.3) is 0 Å². The van der Waals surface area contributed by atoms with Crippen LogP contribution in [0.2, 0.25) is 0 Å². The fourth-order valence-electron chi connectivity index (χ4n) is 5.82. The molecule has 0 amide bonds. The first-order chi connectivity index (χ1) is 18.1. The summed E-state index contributed by atoms with van der Waals surface area (Å²) in [4.78, 5) is 10.3. The number of fused-ring (bicyclic) bond motifs is 10. The number of nitrogens with zero attached hydrogens (tertiary/aromatic N) is 4. The molecule has 6 bridgehead atoms. The summed E-state index contributed by atoms with van der Waals surface area (Å²) in [6.45, 7) is 6.33. The first-order valence-electron chi connectivity index (χ1n) is 12.6. The molecule has 4 aromatic rings. The molecule has 5 nitrogen and oxygen atoms in total. The van der Waals surface area contributed by atoms with Gasteiger partial charge >= 0.3 is 225 Å². The van der Waals surface area contributed by atoms with Gasteiger partial charge in [-0.05, 0) is 0 Å². The summed E-state index contributed by atoms with van der Waals surface area (Å²) in [6, 6.07) is 34.9. The molecular weight excluding hydrogens is 639 g/mol. The zero-order valence-corrected chi connectivity index (χ0v) is 22.9. The van der Waals surface area contributed by atoms with Gasteiger partial charge in [-0.3, -0.25) is 0 Å². The van der Waals surface area contributed by atoms with E-state index in [0.717, 1.165) is 24.7 Å². The van der Waals surface area contributed by atoms with Crippen LogP contribution in [0.15, 0.2) is 97.1 Å². The third-order valence-corrected chi connectivity index (χ3v) is 11.0. The Morgan fingerprint density at radius 1 is 0.649 bits per heavy atom. The van der Waals surface area contributed by atoms with E-state index >= 15 is 0 Å². The Kier molecular flexibility index (Phi) is 4.43. The molecule has 4 aliphatic heterocycles. The van der Waals surface area contributed by atoms with Crippen molar-refractivity contribution in [1.29, 1.82) is 0 Å². The first-order valence-corrected chi connectivity index (χ1v) is 14.9. The van der Waals surface area contributed by atoms with Crippen LogP contribution in [0.5, 0.6) is 11.5 Å². The van der Waals surface area contributed by atoms with Gasteiger partial charge in [0.15, 0.2) is 0 Å². The van der Waals surface area contributed by atoms with Crippen LogP contribution in [0.3, 0.4) is 0 Å². The summed E-state index contributed by atoms with van der Waals surface area (Å²) >= 11 is -0.507. The molecule has 4 aromatic carbocycles. The standard InChI is InChI=1S/C31H26N4O.Pt/c1-31(2)24-10-8-12-26(18-24)36-25-11-7-9-23(17-25)19-32-20-33(28-14-4-3-13-27(28)32)21-34-22-35(31)30-16-6-5-15-29(30)34;/h3-18H,19,21H2,1-2H3;. The van der Waals surface area contributed by atoms with E-state index in [0.29, 0.717) is 0 Å². The monoisotopic (exact) mass is 665 g/mol. The zero-order valence-electron chi connectivity index (χ0n) is 20.7. The quantitative estimate of drug-likeness (QED) is 0.226. The number of hydrogen-bond acceptors (Lipinski definition) is 5.